The van der Waals surface area contributed by atoms with Crippen molar-refractivity contribution in [3.8, 4) is 23.0 Å². The van der Waals surface area contributed by atoms with Gasteiger partial charge in [-0.05, 0) is 48.9 Å². The van der Waals surface area contributed by atoms with Gasteiger partial charge in [-0.15, -0.1) is 10.2 Å². The molecule has 28 heavy (non-hydrogen) atoms. The van der Waals surface area contributed by atoms with Gasteiger partial charge in [-0.1, -0.05) is 6.07 Å². The Morgan fingerprint density at radius 3 is 2.46 bits per heavy atom. The summed E-state index contributed by atoms with van der Waals surface area (Å²) in [6, 6.07) is 10.8. The van der Waals surface area contributed by atoms with Crippen LogP contribution in [0.15, 0.2) is 46.9 Å². The molecule has 0 radical (unpaired) electrons. The molecule has 146 valence electrons. The molecule has 3 aromatic rings. The molecule has 1 heterocycles. The van der Waals surface area contributed by atoms with Gasteiger partial charge in [0.2, 0.25) is 5.89 Å². The Morgan fingerprint density at radius 2 is 1.79 bits per heavy atom. The Bertz CT molecular complexity index is 955. The molecule has 0 saturated carbocycles. The lowest BCUT2D eigenvalue weighted by atomic mass is 10.1. The number of hydrogen-bond donors (Lipinski definition) is 0. The molecular weight excluding hydrogens is 367 g/mol. The lowest BCUT2D eigenvalue weighted by Crippen LogP contribution is -2.12. The number of halogens is 1. The number of carbonyl (C=O) groups excluding carboxylic acids is 1. The number of carbonyl (C=O) groups is 1. The molecule has 0 aliphatic rings. The Hall–Kier alpha value is -3.42. The van der Waals surface area contributed by atoms with Crippen molar-refractivity contribution in [1.29, 1.82) is 0 Å². The Balaban J connectivity index is 1.64. The smallest absolute Gasteiger partial charge is 0.311 e. The van der Waals surface area contributed by atoms with Crippen molar-refractivity contribution in [1.82, 2.24) is 10.2 Å². The molecule has 0 amide bonds. The summed E-state index contributed by atoms with van der Waals surface area (Å²) in [7, 11) is 3.06. The average molecular weight is 386 g/mol. The highest BCUT2D eigenvalue weighted by molar-refractivity contribution is 5.73. The van der Waals surface area contributed by atoms with Gasteiger partial charge in [-0.25, -0.2) is 4.39 Å². The van der Waals surface area contributed by atoms with Gasteiger partial charge in [-0.3, -0.25) is 4.79 Å². The summed E-state index contributed by atoms with van der Waals surface area (Å²) in [5.74, 6) is 0.661. The second kappa shape index (κ2) is 8.51. The van der Waals surface area contributed by atoms with Crippen molar-refractivity contribution >= 4 is 5.97 Å². The van der Waals surface area contributed by atoms with E-state index in [2.05, 4.69) is 10.2 Å². The molecule has 0 aliphatic heterocycles. The van der Waals surface area contributed by atoms with E-state index in [1.807, 2.05) is 0 Å². The maximum Gasteiger partial charge on any atom is 0.311 e. The van der Waals surface area contributed by atoms with E-state index in [-0.39, 0.29) is 24.0 Å². The average Bonchev–Trinajstić information content (AvgIpc) is 3.18. The largest absolute Gasteiger partial charge is 0.493 e. The topological polar surface area (TPSA) is 83.7 Å². The van der Waals surface area contributed by atoms with Crippen LogP contribution >= 0.6 is 0 Å². The summed E-state index contributed by atoms with van der Waals surface area (Å²) in [5, 5.41) is 7.81. The minimum Gasteiger partial charge on any atom is -0.493 e. The highest BCUT2D eigenvalue weighted by Gasteiger charge is 2.19. The maximum atomic E-state index is 13.0. The number of hydrogen-bond acceptors (Lipinski definition) is 7. The zero-order chi connectivity index (χ0) is 20.1. The highest BCUT2D eigenvalue weighted by atomic mass is 19.1. The standard InChI is InChI=1S/C20H19FN2O5/c1-12(19-22-23-20(28-19)14-5-7-15(21)8-6-14)27-18(24)11-13-4-9-16(25-2)17(10-13)26-3/h4-10,12H,11H2,1-3H3/t12-/m1/s1. The van der Waals surface area contributed by atoms with Crippen LogP contribution in [0.25, 0.3) is 11.5 Å². The zero-order valence-electron chi connectivity index (χ0n) is 15.6. The Morgan fingerprint density at radius 1 is 1.07 bits per heavy atom. The van der Waals surface area contributed by atoms with Gasteiger partial charge in [0, 0.05) is 5.56 Å². The first-order valence-corrected chi connectivity index (χ1v) is 8.50. The molecule has 7 nitrogen and oxygen atoms in total. The van der Waals surface area contributed by atoms with Gasteiger partial charge < -0.3 is 18.6 Å². The minimum absolute atomic E-state index is 0.0453. The van der Waals surface area contributed by atoms with E-state index in [1.54, 1.807) is 25.1 Å². The molecular formula is C20H19FN2O5. The summed E-state index contributed by atoms with van der Waals surface area (Å²) >= 11 is 0. The van der Waals surface area contributed by atoms with Crippen LogP contribution in [-0.4, -0.2) is 30.4 Å². The van der Waals surface area contributed by atoms with E-state index in [9.17, 15) is 9.18 Å². The molecule has 8 heteroatoms. The first kappa shape index (κ1) is 19.3. The number of nitrogens with zero attached hydrogens (tertiary/aromatic N) is 2. The molecule has 0 fully saturated rings. The molecule has 1 aromatic heterocycles. The Labute approximate surface area is 161 Å². The molecule has 0 saturated heterocycles. The first-order chi connectivity index (χ1) is 13.5. The third-order valence-electron chi connectivity index (χ3n) is 3.98. The second-order valence-electron chi connectivity index (χ2n) is 5.95. The third-order valence-corrected chi connectivity index (χ3v) is 3.98. The molecule has 0 aliphatic carbocycles. The van der Waals surface area contributed by atoms with Crippen LogP contribution in [0.3, 0.4) is 0 Å². The molecule has 0 N–H and O–H groups in total. The minimum atomic E-state index is -0.727. The van der Waals surface area contributed by atoms with Crippen LogP contribution in [0.1, 0.15) is 24.5 Å². The van der Waals surface area contributed by atoms with Crippen molar-refractivity contribution in [3.63, 3.8) is 0 Å². The summed E-state index contributed by atoms with van der Waals surface area (Å²) in [4.78, 5) is 12.2. The monoisotopic (exact) mass is 386 g/mol. The second-order valence-corrected chi connectivity index (χ2v) is 5.95. The van der Waals surface area contributed by atoms with Gasteiger partial charge in [0.1, 0.15) is 5.82 Å². The van der Waals surface area contributed by atoms with Gasteiger partial charge in [0.05, 0.1) is 20.6 Å². The van der Waals surface area contributed by atoms with E-state index in [4.69, 9.17) is 18.6 Å². The molecule has 2 aromatic carbocycles. The lowest BCUT2D eigenvalue weighted by molar-refractivity contribution is -0.148. The lowest BCUT2D eigenvalue weighted by Gasteiger charge is -2.11. The summed E-state index contributed by atoms with van der Waals surface area (Å²) < 4.78 is 34.3. The third kappa shape index (κ3) is 4.46. The van der Waals surface area contributed by atoms with Crippen LogP contribution in [0, 0.1) is 5.82 Å². The van der Waals surface area contributed by atoms with Crippen LogP contribution in [0.5, 0.6) is 11.5 Å². The number of benzene rings is 2. The number of ether oxygens (including phenoxy) is 3. The van der Waals surface area contributed by atoms with E-state index in [0.717, 1.165) is 0 Å². The summed E-state index contributed by atoms with van der Waals surface area (Å²) in [6.45, 7) is 1.63. The van der Waals surface area contributed by atoms with E-state index in [1.165, 1.54) is 38.5 Å². The van der Waals surface area contributed by atoms with Crippen LogP contribution in [0.2, 0.25) is 0 Å². The van der Waals surface area contributed by atoms with Crippen molar-refractivity contribution < 1.29 is 27.8 Å². The van der Waals surface area contributed by atoms with Crippen LogP contribution in [-0.2, 0) is 16.0 Å². The number of aromatic nitrogens is 2. The van der Waals surface area contributed by atoms with Crippen LogP contribution < -0.4 is 9.47 Å². The SMILES string of the molecule is COc1ccc(CC(=O)O[C@H](C)c2nnc(-c3ccc(F)cc3)o2)cc1OC. The summed E-state index contributed by atoms with van der Waals surface area (Å²) in [5.41, 5.74) is 1.29. The normalized spacial score (nSPS) is 11.7. The van der Waals surface area contributed by atoms with Gasteiger partial charge >= 0.3 is 5.97 Å². The molecule has 0 bridgehead atoms. The summed E-state index contributed by atoms with van der Waals surface area (Å²) in [6.07, 6.45) is -0.682. The van der Waals surface area contributed by atoms with Gasteiger partial charge in [0.15, 0.2) is 17.6 Å². The number of methoxy groups -OCH3 is 2. The van der Waals surface area contributed by atoms with E-state index >= 15 is 0 Å². The van der Waals surface area contributed by atoms with Gasteiger partial charge in [-0.2, -0.15) is 0 Å². The first-order valence-electron chi connectivity index (χ1n) is 8.50. The predicted molar refractivity (Wildman–Crippen MR) is 97.4 cm³/mol. The molecule has 3 rings (SSSR count). The fraction of sp³-hybridized carbons (Fsp3) is 0.250. The fourth-order valence-corrected chi connectivity index (χ4v) is 2.55. The maximum absolute atomic E-state index is 13.0. The quantitative estimate of drug-likeness (QED) is 0.572. The Kier molecular flexibility index (Phi) is 5.88. The van der Waals surface area contributed by atoms with Crippen molar-refractivity contribution in [2.75, 3.05) is 14.2 Å². The predicted octanol–water partition coefficient (Wildman–Crippen LogP) is 3.74. The van der Waals surface area contributed by atoms with Crippen molar-refractivity contribution in [2.24, 2.45) is 0 Å². The fourth-order valence-electron chi connectivity index (χ4n) is 2.55. The van der Waals surface area contributed by atoms with E-state index < -0.39 is 12.1 Å². The highest BCUT2D eigenvalue weighted by Crippen LogP contribution is 2.28. The zero-order valence-corrected chi connectivity index (χ0v) is 15.6. The molecule has 1 atom stereocenters. The number of esters is 1. The molecule has 0 unspecified atom stereocenters. The van der Waals surface area contributed by atoms with Crippen LogP contribution in [0.4, 0.5) is 4.39 Å². The van der Waals surface area contributed by atoms with E-state index in [0.29, 0.717) is 22.6 Å². The number of rotatable bonds is 7. The van der Waals surface area contributed by atoms with Gasteiger partial charge in [0.25, 0.3) is 5.89 Å². The van der Waals surface area contributed by atoms with Crippen molar-refractivity contribution in [2.45, 2.75) is 19.4 Å². The van der Waals surface area contributed by atoms with Crippen molar-refractivity contribution in [3.05, 3.63) is 59.7 Å². The molecule has 0 spiro atoms.